The van der Waals surface area contributed by atoms with E-state index in [0.717, 1.165) is 17.2 Å². The highest BCUT2D eigenvalue weighted by Gasteiger charge is 2.23. The zero-order chi connectivity index (χ0) is 19.2. The number of halogens is 2. The number of ketones is 1. The molecule has 0 aliphatic rings. The van der Waals surface area contributed by atoms with Gasteiger partial charge in [-0.3, -0.25) is 4.79 Å². The molecule has 0 spiro atoms. The number of carbonyl (C=O) groups is 1. The number of rotatable bonds is 7. The molecule has 0 saturated heterocycles. The summed E-state index contributed by atoms with van der Waals surface area (Å²) < 4.78 is 40.1. The molecular weight excluding hydrogens is 350 g/mol. The highest BCUT2D eigenvalue weighted by atomic mass is 19.1. The van der Waals surface area contributed by atoms with Crippen LogP contribution in [0.4, 0.5) is 8.78 Å². The fraction of sp³-hybridized carbons (Fsp3) is 0.136. The molecule has 0 saturated carbocycles. The van der Waals surface area contributed by atoms with Gasteiger partial charge < -0.3 is 9.47 Å². The van der Waals surface area contributed by atoms with E-state index in [1.54, 1.807) is 24.3 Å². The Bertz CT molecular complexity index is 925. The maximum Gasteiger partial charge on any atom is 0.210 e. The number of hydrogen-bond acceptors (Lipinski definition) is 3. The van der Waals surface area contributed by atoms with Crippen LogP contribution in [-0.2, 0) is 13.2 Å². The van der Waals surface area contributed by atoms with Crippen LogP contribution in [0, 0.1) is 11.6 Å². The van der Waals surface area contributed by atoms with Gasteiger partial charge in [-0.15, -0.1) is 0 Å². The van der Waals surface area contributed by atoms with E-state index in [2.05, 4.69) is 0 Å². The van der Waals surface area contributed by atoms with Crippen LogP contribution in [-0.4, -0.2) is 5.78 Å². The van der Waals surface area contributed by atoms with Crippen molar-refractivity contribution in [3.05, 3.63) is 95.1 Å². The highest BCUT2D eigenvalue weighted by molar-refractivity contribution is 5.97. The Hall–Kier alpha value is -3.21. The molecule has 138 valence electrons. The molecule has 0 amide bonds. The Morgan fingerprint density at radius 3 is 1.78 bits per heavy atom. The lowest BCUT2D eigenvalue weighted by Gasteiger charge is -2.15. The molecule has 5 heteroatoms. The van der Waals surface area contributed by atoms with Gasteiger partial charge in [0.2, 0.25) is 5.82 Å². The van der Waals surface area contributed by atoms with Gasteiger partial charge in [-0.1, -0.05) is 60.7 Å². The average Bonchev–Trinajstić information content (AvgIpc) is 2.68. The van der Waals surface area contributed by atoms with E-state index in [1.165, 1.54) is 6.92 Å². The normalized spacial score (nSPS) is 10.5. The second kappa shape index (κ2) is 8.45. The summed E-state index contributed by atoms with van der Waals surface area (Å²) in [6, 6.07) is 19.1. The predicted molar refractivity (Wildman–Crippen MR) is 97.9 cm³/mol. The minimum atomic E-state index is -1.02. The third kappa shape index (κ3) is 4.50. The molecule has 3 rings (SSSR count). The molecule has 0 N–H and O–H groups in total. The van der Waals surface area contributed by atoms with Crippen molar-refractivity contribution < 1.29 is 23.0 Å². The quantitative estimate of drug-likeness (QED) is 0.529. The first-order valence-corrected chi connectivity index (χ1v) is 8.42. The van der Waals surface area contributed by atoms with Crippen molar-refractivity contribution >= 4 is 5.78 Å². The van der Waals surface area contributed by atoms with Crippen LogP contribution in [0.5, 0.6) is 11.5 Å². The smallest absolute Gasteiger partial charge is 0.210 e. The van der Waals surface area contributed by atoms with Gasteiger partial charge in [0.05, 0.1) is 5.56 Å². The van der Waals surface area contributed by atoms with Gasteiger partial charge in [-0.2, -0.15) is 4.39 Å². The van der Waals surface area contributed by atoms with E-state index in [0.29, 0.717) is 0 Å². The zero-order valence-corrected chi connectivity index (χ0v) is 14.7. The van der Waals surface area contributed by atoms with Crippen LogP contribution >= 0.6 is 0 Å². The number of Topliss-reactive ketones (excluding diaryl/α,β-unsaturated/α-hetero) is 1. The molecule has 0 aliphatic heterocycles. The predicted octanol–water partition coefficient (Wildman–Crippen LogP) is 5.33. The van der Waals surface area contributed by atoms with Gasteiger partial charge >= 0.3 is 0 Å². The lowest BCUT2D eigenvalue weighted by molar-refractivity contribution is 0.101. The topological polar surface area (TPSA) is 35.5 Å². The summed E-state index contributed by atoms with van der Waals surface area (Å²) in [5.41, 5.74) is 1.40. The average molecular weight is 368 g/mol. The van der Waals surface area contributed by atoms with Crippen molar-refractivity contribution in [3.63, 3.8) is 0 Å². The van der Waals surface area contributed by atoms with Crippen molar-refractivity contribution in [1.29, 1.82) is 0 Å². The number of carbonyl (C=O) groups excluding carboxylic acids is 1. The molecule has 0 fully saturated rings. The molecule has 0 heterocycles. The molecule has 3 aromatic carbocycles. The maximum absolute atomic E-state index is 14.9. The van der Waals surface area contributed by atoms with E-state index in [9.17, 15) is 13.6 Å². The highest BCUT2D eigenvalue weighted by Crippen LogP contribution is 2.35. The van der Waals surface area contributed by atoms with Crippen molar-refractivity contribution in [2.75, 3.05) is 0 Å². The molecule has 0 aromatic heterocycles. The van der Waals surface area contributed by atoms with Crippen molar-refractivity contribution in [2.24, 2.45) is 0 Å². The number of benzene rings is 3. The van der Waals surface area contributed by atoms with Crippen molar-refractivity contribution in [3.8, 4) is 11.5 Å². The molecule has 3 aromatic rings. The summed E-state index contributed by atoms with van der Waals surface area (Å²) in [6.45, 7) is 1.27. The number of hydrogen-bond donors (Lipinski definition) is 0. The second-order valence-electron chi connectivity index (χ2n) is 5.98. The molecule has 3 nitrogen and oxygen atoms in total. The first kappa shape index (κ1) is 18.6. The number of ether oxygens (including phenoxy) is 2. The lowest BCUT2D eigenvalue weighted by atomic mass is 10.1. The molecule has 0 aliphatic carbocycles. The summed E-state index contributed by atoms with van der Waals surface area (Å²) in [6.07, 6.45) is 0. The first-order valence-electron chi connectivity index (χ1n) is 8.42. The fourth-order valence-electron chi connectivity index (χ4n) is 2.58. The van der Waals surface area contributed by atoms with Crippen molar-refractivity contribution in [1.82, 2.24) is 0 Å². The van der Waals surface area contributed by atoms with Gasteiger partial charge in [0, 0.05) is 0 Å². The van der Waals surface area contributed by atoms with Crippen LogP contribution in [0.1, 0.15) is 28.4 Å². The largest absolute Gasteiger partial charge is 0.485 e. The third-order valence-corrected chi connectivity index (χ3v) is 3.96. The van der Waals surface area contributed by atoms with E-state index in [-0.39, 0.29) is 24.5 Å². The lowest BCUT2D eigenvalue weighted by Crippen LogP contribution is -2.08. The van der Waals surface area contributed by atoms with Crippen LogP contribution in [0.2, 0.25) is 0 Å². The Kier molecular flexibility index (Phi) is 5.81. The zero-order valence-electron chi connectivity index (χ0n) is 14.7. The second-order valence-corrected chi connectivity index (χ2v) is 5.98. The summed E-state index contributed by atoms with van der Waals surface area (Å²) >= 11 is 0. The molecular formula is C22H18F2O3. The summed E-state index contributed by atoms with van der Waals surface area (Å²) in [7, 11) is 0. The van der Waals surface area contributed by atoms with Gasteiger partial charge in [0.1, 0.15) is 13.2 Å². The van der Waals surface area contributed by atoms with E-state index < -0.39 is 23.2 Å². The monoisotopic (exact) mass is 368 g/mol. The standard InChI is InChI=1S/C22H18F2O3/c1-15(25)18-12-19(23)22(27-14-17-10-6-3-7-11-17)20(24)21(18)26-13-16-8-4-2-5-9-16/h2-12H,13-14H2,1H3. The minimum absolute atomic E-state index is 0.00771. The minimum Gasteiger partial charge on any atom is -0.485 e. The van der Waals surface area contributed by atoms with Crippen molar-refractivity contribution in [2.45, 2.75) is 20.1 Å². The van der Waals surface area contributed by atoms with E-state index in [4.69, 9.17) is 9.47 Å². The maximum atomic E-state index is 14.9. The van der Waals surface area contributed by atoms with Gasteiger partial charge in [-0.25, -0.2) is 4.39 Å². The Morgan fingerprint density at radius 2 is 1.30 bits per heavy atom. The molecule has 0 radical (unpaired) electrons. The van der Waals surface area contributed by atoms with Crippen LogP contribution in [0.15, 0.2) is 66.7 Å². The molecule has 27 heavy (non-hydrogen) atoms. The van der Waals surface area contributed by atoms with E-state index in [1.807, 2.05) is 36.4 Å². The van der Waals surface area contributed by atoms with Crippen LogP contribution < -0.4 is 9.47 Å². The SMILES string of the molecule is CC(=O)c1cc(F)c(OCc2ccccc2)c(F)c1OCc1ccccc1. The molecule has 0 bridgehead atoms. The first-order chi connectivity index (χ1) is 13.1. The third-order valence-electron chi connectivity index (χ3n) is 3.96. The summed E-state index contributed by atoms with van der Waals surface area (Å²) in [5, 5.41) is 0. The Balaban J connectivity index is 1.88. The molecule has 0 atom stereocenters. The Labute approximate surface area is 156 Å². The molecule has 0 unspecified atom stereocenters. The van der Waals surface area contributed by atoms with Gasteiger partial charge in [0.15, 0.2) is 23.1 Å². The fourth-order valence-corrected chi connectivity index (χ4v) is 2.58. The Morgan fingerprint density at radius 1 is 0.815 bits per heavy atom. The van der Waals surface area contributed by atoms with Gasteiger partial charge in [-0.05, 0) is 24.1 Å². The summed E-state index contributed by atoms with van der Waals surface area (Å²) in [4.78, 5) is 11.8. The van der Waals surface area contributed by atoms with Crippen LogP contribution in [0.3, 0.4) is 0 Å². The van der Waals surface area contributed by atoms with Crippen LogP contribution in [0.25, 0.3) is 0 Å². The summed E-state index contributed by atoms with van der Waals surface area (Å²) in [5.74, 6) is -3.33. The van der Waals surface area contributed by atoms with E-state index >= 15 is 0 Å². The van der Waals surface area contributed by atoms with Gasteiger partial charge in [0.25, 0.3) is 0 Å².